The second kappa shape index (κ2) is 11.3. The maximum atomic E-state index is 10.3. The van der Waals surface area contributed by atoms with Gasteiger partial charge < -0.3 is 5.11 Å². The number of carbonyl (C=O) groups is 1. The number of aliphatic carboxylic acids is 1. The Morgan fingerprint density at radius 1 is 1.14 bits per heavy atom. The van der Waals surface area contributed by atoms with Crippen LogP contribution in [-0.2, 0) is 4.79 Å². The van der Waals surface area contributed by atoms with Crippen molar-refractivity contribution in [3.63, 3.8) is 0 Å². The van der Waals surface area contributed by atoms with Crippen molar-refractivity contribution in [2.75, 3.05) is 0 Å². The Bertz CT molecular complexity index is 131. The third-order valence-electron chi connectivity index (χ3n) is 2.40. The molecule has 0 aliphatic carbocycles. The van der Waals surface area contributed by atoms with E-state index in [0.29, 0.717) is 6.42 Å². The molecule has 0 saturated carbocycles. The summed E-state index contributed by atoms with van der Waals surface area (Å²) in [5, 5.41) is 8.49. The van der Waals surface area contributed by atoms with Gasteiger partial charge in [-0.2, -0.15) is 0 Å². The number of hydrogen-bond acceptors (Lipinski definition) is 1. The van der Waals surface area contributed by atoms with Crippen molar-refractivity contribution in [3.05, 3.63) is 0 Å². The van der Waals surface area contributed by atoms with Crippen molar-refractivity contribution in [2.24, 2.45) is 5.92 Å². The van der Waals surface area contributed by atoms with Gasteiger partial charge in [0.2, 0.25) is 0 Å². The maximum absolute atomic E-state index is 10.3. The summed E-state index contributed by atoms with van der Waals surface area (Å²) in [4.78, 5) is 10.3. The summed E-state index contributed by atoms with van der Waals surface area (Å²) < 4.78 is 0. The summed E-state index contributed by atoms with van der Waals surface area (Å²) in [7, 11) is 0. The summed E-state index contributed by atoms with van der Waals surface area (Å²) in [6, 6.07) is 0. The predicted molar refractivity (Wildman–Crippen MR) is 63.3 cm³/mol. The Labute approximate surface area is 104 Å². The van der Waals surface area contributed by atoms with Gasteiger partial charge in [0.25, 0.3) is 0 Å². The summed E-state index contributed by atoms with van der Waals surface area (Å²) in [5.74, 6) is 0.0982. The number of hydrogen-bond donors (Lipinski definition) is 1. The average molecular weight is 213 g/mol. The molecule has 0 heterocycles. The van der Waals surface area contributed by atoms with Gasteiger partial charge in [0, 0.05) is 6.42 Å². The van der Waals surface area contributed by atoms with Crippen LogP contribution in [-0.4, -0.2) is 34.1 Å². The van der Waals surface area contributed by atoms with Crippen LogP contribution in [0.4, 0.5) is 0 Å². The van der Waals surface area contributed by atoms with Crippen molar-refractivity contribution >= 4 is 29.0 Å². The molecule has 3 heteroatoms. The SMILES string of the molecule is CCCC(CCC)CCCC(=O)O.[MgH2]. The Morgan fingerprint density at radius 2 is 1.64 bits per heavy atom. The molecule has 14 heavy (non-hydrogen) atoms. The van der Waals surface area contributed by atoms with Crippen LogP contribution in [0.3, 0.4) is 0 Å². The molecule has 0 radical (unpaired) electrons. The van der Waals surface area contributed by atoms with E-state index >= 15 is 0 Å². The minimum absolute atomic E-state index is 0. The monoisotopic (exact) mass is 212 g/mol. The van der Waals surface area contributed by atoms with Crippen LogP contribution in [0.2, 0.25) is 0 Å². The molecule has 0 rings (SSSR count). The first-order chi connectivity index (χ1) is 6.20. The fourth-order valence-corrected chi connectivity index (χ4v) is 1.79. The molecule has 0 unspecified atom stereocenters. The van der Waals surface area contributed by atoms with Gasteiger partial charge >= 0.3 is 29.0 Å². The Balaban J connectivity index is 0. The van der Waals surface area contributed by atoms with E-state index in [1.54, 1.807) is 0 Å². The van der Waals surface area contributed by atoms with Crippen LogP contribution >= 0.6 is 0 Å². The summed E-state index contributed by atoms with van der Waals surface area (Å²) in [5.41, 5.74) is 0. The quantitative estimate of drug-likeness (QED) is 0.628. The lowest BCUT2D eigenvalue weighted by molar-refractivity contribution is -0.137. The van der Waals surface area contributed by atoms with Gasteiger partial charge in [-0.25, -0.2) is 0 Å². The highest BCUT2D eigenvalue weighted by atomic mass is 24.3. The van der Waals surface area contributed by atoms with E-state index in [9.17, 15) is 4.79 Å². The fourth-order valence-electron chi connectivity index (χ4n) is 1.79. The molecule has 0 spiro atoms. The molecule has 0 aromatic heterocycles. The smallest absolute Gasteiger partial charge is 0.316 e. The van der Waals surface area contributed by atoms with E-state index in [1.165, 1.54) is 25.7 Å². The lowest BCUT2D eigenvalue weighted by atomic mass is 9.93. The van der Waals surface area contributed by atoms with Gasteiger partial charge in [0.1, 0.15) is 0 Å². The van der Waals surface area contributed by atoms with E-state index in [2.05, 4.69) is 13.8 Å². The Morgan fingerprint density at radius 3 is 2.00 bits per heavy atom. The van der Waals surface area contributed by atoms with Crippen LogP contribution in [0.25, 0.3) is 0 Å². The molecule has 0 aromatic carbocycles. The lowest BCUT2D eigenvalue weighted by Crippen LogP contribution is -2.02. The average Bonchev–Trinajstić information content (AvgIpc) is 2.04. The molecule has 0 amide bonds. The van der Waals surface area contributed by atoms with E-state index < -0.39 is 5.97 Å². The highest BCUT2D eigenvalue weighted by molar-refractivity contribution is 5.75. The summed E-state index contributed by atoms with van der Waals surface area (Å²) >= 11 is 0. The first kappa shape index (κ1) is 16.7. The molecule has 1 N–H and O–H groups in total. The van der Waals surface area contributed by atoms with Gasteiger partial charge in [-0.1, -0.05) is 39.5 Å². The summed E-state index contributed by atoms with van der Waals surface area (Å²) in [6.07, 6.45) is 7.23. The van der Waals surface area contributed by atoms with Crippen molar-refractivity contribution in [1.29, 1.82) is 0 Å². The molecule has 0 atom stereocenters. The van der Waals surface area contributed by atoms with Crippen LogP contribution in [0.15, 0.2) is 0 Å². The standard InChI is InChI=1S/C11H22O2.Mg.2H/c1-3-6-10(7-4-2)8-5-9-11(12)13;;;/h10H,3-9H2,1-2H3,(H,12,13);;;. The van der Waals surface area contributed by atoms with Crippen LogP contribution < -0.4 is 0 Å². The fraction of sp³-hybridized carbons (Fsp3) is 0.909. The topological polar surface area (TPSA) is 37.3 Å². The molecule has 82 valence electrons. The second-order valence-corrected chi connectivity index (χ2v) is 3.73. The number of rotatable bonds is 8. The largest absolute Gasteiger partial charge is 0.481 e. The van der Waals surface area contributed by atoms with E-state index in [-0.39, 0.29) is 23.1 Å². The molecular weight excluding hydrogens is 188 g/mol. The normalized spacial score (nSPS) is 9.93. The third kappa shape index (κ3) is 10.3. The van der Waals surface area contributed by atoms with Gasteiger partial charge in [0.15, 0.2) is 0 Å². The summed E-state index contributed by atoms with van der Waals surface area (Å²) in [6.45, 7) is 4.39. The van der Waals surface area contributed by atoms with Crippen molar-refractivity contribution in [1.82, 2.24) is 0 Å². The van der Waals surface area contributed by atoms with Crippen molar-refractivity contribution < 1.29 is 9.90 Å². The highest BCUT2D eigenvalue weighted by Crippen LogP contribution is 2.19. The minimum atomic E-state index is -0.660. The Hall–Kier alpha value is 0.236. The molecule has 0 aromatic rings. The lowest BCUT2D eigenvalue weighted by Gasteiger charge is -2.13. The van der Waals surface area contributed by atoms with E-state index in [1.807, 2.05) is 0 Å². The van der Waals surface area contributed by atoms with Crippen LogP contribution in [0, 0.1) is 5.92 Å². The van der Waals surface area contributed by atoms with Gasteiger partial charge in [-0.3, -0.25) is 4.79 Å². The zero-order valence-electron chi connectivity index (χ0n) is 8.88. The molecule has 0 bridgehead atoms. The minimum Gasteiger partial charge on any atom is -0.481 e. The first-order valence-electron chi connectivity index (χ1n) is 5.42. The Kier molecular flexibility index (Phi) is 13.5. The van der Waals surface area contributed by atoms with Crippen LogP contribution in [0.1, 0.15) is 58.8 Å². The highest BCUT2D eigenvalue weighted by Gasteiger charge is 2.07. The molecule has 0 saturated heterocycles. The van der Waals surface area contributed by atoms with Crippen molar-refractivity contribution in [3.8, 4) is 0 Å². The van der Waals surface area contributed by atoms with Crippen LogP contribution in [0.5, 0.6) is 0 Å². The molecule has 0 aliphatic heterocycles. The predicted octanol–water partition coefficient (Wildman–Crippen LogP) is 2.54. The molecule has 2 nitrogen and oxygen atoms in total. The van der Waals surface area contributed by atoms with Crippen molar-refractivity contribution in [2.45, 2.75) is 58.8 Å². The second-order valence-electron chi connectivity index (χ2n) is 3.73. The van der Waals surface area contributed by atoms with Gasteiger partial charge in [0.05, 0.1) is 0 Å². The zero-order valence-corrected chi connectivity index (χ0v) is 8.88. The number of carboxylic acids is 1. The molecule has 0 fully saturated rings. The molecule has 0 aliphatic rings. The van der Waals surface area contributed by atoms with Gasteiger partial charge in [-0.15, -0.1) is 0 Å². The first-order valence-corrected chi connectivity index (χ1v) is 5.42. The molecular formula is C11H24MgO2. The maximum Gasteiger partial charge on any atom is 0.316 e. The van der Waals surface area contributed by atoms with E-state index in [4.69, 9.17) is 5.11 Å². The number of carboxylic acid groups (broad SMARTS) is 1. The third-order valence-corrected chi connectivity index (χ3v) is 2.40. The zero-order chi connectivity index (χ0) is 10.1. The van der Waals surface area contributed by atoms with E-state index in [0.717, 1.165) is 18.8 Å². The van der Waals surface area contributed by atoms with Gasteiger partial charge in [-0.05, 0) is 18.8 Å².